The fraction of sp³-hybridized carbons (Fsp3) is 0.429. The average molecular weight is 470 g/mol. The molecule has 1 amide bonds. The summed E-state index contributed by atoms with van der Waals surface area (Å²) in [6.45, 7) is 1.57. The molecule has 1 aromatic carbocycles. The summed E-state index contributed by atoms with van der Waals surface area (Å²) in [4.78, 5) is 16.6. The predicted octanol–water partition coefficient (Wildman–Crippen LogP) is 4.43. The van der Waals surface area contributed by atoms with Crippen LogP contribution in [0.5, 0.6) is 0 Å². The van der Waals surface area contributed by atoms with Crippen LogP contribution in [0.15, 0.2) is 46.5 Å². The van der Waals surface area contributed by atoms with E-state index in [4.69, 9.17) is 0 Å². The second-order valence-electron chi connectivity index (χ2n) is 7.49. The zero-order valence-corrected chi connectivity index (χ0v) is 19.0. The minimum atomic E-state index is -3.65. The molecule has 2 aromatic rings. The van der Waals surface area contributed by atoms with Gasteiger partial charge in [-0.1, -0.05) is 37.1 Å². The van der Waals surface area contributed by atoms with E-state index in [1.807, 2.05) is 0 Å². The number of amides is 1. The third-order valence-electron chi connectivity index (χ3n) is 5.35. The molecule has 1 unspecified atom stereocenters. The average Bonchev–Trinajstić information content (AvgIpc) is 2.76. The number of carbonyl (C=O) groups excluding carboxylic acids is 1. The van der Waals surface area contributed by atoms with Crippen molar-refractivity contribution >= 4 is 33.4 Å². The van der Waals surface area contributed by atoms with Gasteiger partial charge < -0.3 is 5.32 Å². The van der Waals surface area contributed by atoms with Crippen molar-refractivity contribution in [3.05, 3.63) is 48.2 Å². The van der Waals surface area contributed by atoms with E-state index in [1.54, 1.807) is 14.0 Å². The van der Waals surface area contributed by atoms with Crippen LogP contribution in [0.2, 0.25) is 0 Å². The summed E-state index contributed by atoms with van der Waals surface area (Å²) in [7, 11) is -2.05. The Bertz CT molecular complexity index is 1010. The van der Waals surface area contributed by atoms with Crippen LogP contribution < -0.4 is 5.32 Å². The van der Waals surface area contributed by atoms with E-state index in [1.165, 1.54) is 28.7 Å². The van der Waals surface area contributed by atoms with Gasteiger partial charge in [-0.15, -0.1) is 0 Å². The monoisotopic (exact) mass is 469 g/mol. The third kappa shape index (κ3) is 5.61. The molecule has 0 aliphatic heterocycles. The van der Waals surface area contributed by atoms with Gasteiger partial charge in [-0.05, 0) is 44.0 Å². The summed E-state index contributed by atoms with van der Waals surface area (Å²) in [5.41, 5.74) is -0.500. The van der Waals surface area contributed by atoms with Crippen LogP contribution in [0.3, 0.4) is 0 Å². The molecule has 6 nitrogen and oxygen atoms in total. The van der Waals surface area contributed by atoms with Gasteiger partial charge in [-0.25, -0.2) is 22.2 Å². The zero-order chi connectivity index (χ0) is 22.6. The van der Waals surface area contributed by atoms with Crippen LogP contribution in [0.25, 0.3) is 0 Å². The molecule has 168 valence electrons. The van der Waals surface area contributed by atoms with E-state index in [9.17, 15) is 22.0 Å². The van der Waals surface area contributed by atoms with Crippen LogP contribution in [0.4, 0.5) is 14.5 Å². The molecular weight excluding hydrogens is 444 g/mol. The molecule has 1 aliphatic rings. The van der Waals surface area contributed by atoms with Crippen molar-refractivity contribution < 1.29 is 22.0 Å². The van der Waals surface area contributed by atoms with Gasteiger partial charge in [0.05, 0.1) is 10.3 Å². The topological polar surface area (TPSA) is 79.4 Å². The molecule has 0 saturated heterocycles. The van der Waals surface area contributed by atoms with Gasteiger partial charge in [0.25, 0.3) is 0 Å². The number of rotatable bonds is 7. The molecule has 3 rings (SSSR count). The van der Waals surface area contributed by atoms with Gasteiger partial charge in [0.15, 0.2) is 0 Å². The van der Waals surface area contributed by atoms with Gasteiger partial charge >= 0.3 is 0 Å². The Morgan fingerprint density at radius 1 is 1.16 bits per heavy atom. The number of sulfonamides is 1. The Morgan fingerprint density at radius 3 is 2.39 bits per heavy atom. The van der Waals surface area contributed by atoms with Gasteiger partial charge in [-0.3, -0.25) is 4.79 Å². The Kier molecular flexibility index (Phi) is 7.66. The Morgan fingerprint density at radius 2 is 1.81 bits per heavy atom. The number of anilines is 1. The van der Waals surface area contributed by atoms with E-state index in [2.05, 4.69) is 10.3 Å². The number of para-hydroxylation sites is 1. The van der Waals surface area contributed by atoms with Crippen molar-refractivity contribution in [3.8, 4) is 0 Å². The molecule has 1 aromatic heterocycles. The maximum atomic E-state index is 13.7. The van der Waals surface area contributed by atoms with E-state index in [0.29, 0.717) is 5.03 Å². The predicted molar refractivity (Wildman–Crippen MR) is 116 cm³/mol. The summed E-state index contributed by atoms with van der Waals surface area (Å²) in [5.74, 6) is -2.31. The van der Waals surface area contributed by atoms with Gasteiger partial charge in [0.2, 0.25) is 15.9 Å². The van der Waals surface area contributed by atoms with E-state index >= 15 is 0 Å². The maximum Gasteiger partial charge on any atom is 0.244 e. The van der Waals surface area contributed by atoms with Crippen molar-refractivity contribution in [2.24, 2.45) is 0 Å². The number of nitrogens with zero attached hydrogens (tertiary/aromatic N) is 2. The summed E-state index contributed by atoms with van der Waals surface area (Å²) < 4.78 is 54.6. The summed E-state index contributed by atoms with van der Waals surface area (Å²) in [5, 5.41) is 1.96. The van der Waals surface area contributed by atoms with Crippen LogP contribution in [-0.2, 0) is 14.8 Å². The van der Waals surface area contributed by atoms with Gasteiger partial charge in [0.1, 0.15) is 22.2 Å². The molecule has 0 spiro atoms. The Labute approximate surface area is 185 Å². The lowest BCUT2D eigenvalue weighted by Gasteiger charge is -2.30. The van der Waals surface area contributed by atoms with E-state index < -0.39 is 38.5 Å². The molecule has 1 atom stereocenters. The Balaban J connectivity index is 1.65. The fourth-order valence-corrected chi connectivity index (χ4v) is 5.62. The first-order valence-electron chi connectivity index (χ1n) is 10.1. The lowest BCUT2D eigenvalue weighted by Crippen LogP contribution is -2.38. The molecule has 1 aliphatic carbocycles. The van der Waals surface area contributed by atoms with Crippen LogP contribution in [-0.4, -0.2) is 42.0 Å². The lowest BCUT2D eigenvalue weighted by molar-refractivity contribution is -0.115. The summed E-state index contributed by atoms with van der Waals surface area (Å²) in [6, 6.07) is 6.31. The number of hydrogen-bond acceptors (Lipinski definition) is 5. The smallest absolute Gasteiger partial charge is 0.244 e. The third-order valence-corrected chi connectivity index (χ3v) is 8.30. The van der Waals surface area contributed by atoms with E-state index in [-0.39, 0.29) is 10.9 Å². The van der Waals surface area contributed by atoms with Crippen LogP contribution in [0, 0.1) is 11.6 Å². The highest BCUT2D eigenvalue weighted by atomic mass is 32.2. The first-order chi connectivity index (χ1) is 14.7. The lowest BCUT2D eigenvalue weighted by atomic mass is 9.96. The highest BCUT2D eigenvalue weighted by molar-refractivity contribution is 8.00. The minimum Gasteiger partial charge on any atom is -0.320 e. The Hall–Kier alpha value is -2.04. The van der Waals surface area contributed by atoms with Crippen molar-refractivity contribution in [2.75, 3.05) is 12.4 Å². The fourth-order valence-electron chi connectivity index (χ4n) is 3.47. The SMILES string of the molecule is CC(Sc1ccc(S(=O)(=O)N(C)C2CCCCC2)cn1)C(=O)Nc1c(F)cccc1F. The second kappa shape index (κ2) is 10.1. The second-order valence-corrected chi connectivity index (χ2v) is 10.8. The van der Waals surface area contributed by atoms with Crippen LogP contribution >= 0.6 is 11.8 Å². The number of thioether (sulfide) groups is 1. The highest BCUT2D eigenvalue weighted by Crippen LogP contribution is 2.28. The number of aromatic nitrogens is 1. The molecule has 31 heavy (non-hydrogen) atoms. The molecular formula is C21H25F2N3O3S2. The van der Waals surface area contributed by atoms with E-state index in [0.717, 1.165) is 56.0 Å². The number of benzene rings is 1. The zero-order valence-electron chi connectivity index (χ0n) is 17.3. The quantitative estimate of drug-likeness (QED) is 0.607. The molecule has 1 saturated carbocycles. The normalized spacial score (nSPS) is 16.3. The summed E-state index contributed by atoms with van der Waals surface area (Å²) in [6.07, 6.45) is 6.16. The first-order valence-corrected chi connectivity index (χ1v) is 12.4. The van der Waals surface area contributed by atoms with Crippen LogP contribution in [0.1, 0.15) is 39.0 Å². The molecule has 1 N–H and O–H groups in total. The van der Waals surface area contributed by atoms with Crippen molar-refractivity contribution in [1.82, 2.24) is 9.29 Å². The molecule has 10 heteroatoms. The maximum absolute atomic E-state index is 13.7. The number of hydrogen-bond donors (Lipinski definition) is 1. The molecule has 0 bridgehead atoms. The highest BCUT2D eigenvalue weighted by Gasteiger charge is 2.29. The number of nitrogens with one attached hydrogen (secondary N) is 1. The number of pyridine rings is 1. The molecule has 1 heterocycles. The number of carbonyl (C=O) groups is 1. The summed E-state index contributed by atoms with van der Waals surface area (Å²) >= 11 is 1.06. The van der Waals surface area contributed by atoms with Crippen molar-refractivity contribution in [1.29, 1.82) is 0 Å². The van der Waals surface area contributed by atoms with Crippen molar-refractivity contribution in [3.63, 3.8) is 0 Å². The minimum absolute atomic E-state index is 0.00435. The van der Waals surface area contributed by atoms with Crippen molar-refractivity contribution in [2.45, 2.75) is 60.2 Å². The standard InChI is InChI=1S/C21H25F2N3O3S2/c1-14(21(27)25-20-17(22)9-6-10-18(20)23)30-19-12-11-16(13-24-19)31(28,29)26(2)15-7-4-3-5-8-15/h6,9-15H,3-5,7-8H2,1-2H3,(H,25,27). The van der Waals surface area contributed by atoms with Gasteiger partial charge in [0, 0.05) is 19.3 Å². The molecule has 0 radical (unpaired) electrons. The number of halogens is 2. The first kappa shape index (κ1) is 23.6. The largest absolute Gasteiger partial charge is 0.320 e. The van der Waals surface area contributed by atoms with Gasteiger partial charge in [-0.2, -0.15) is 4.31 Å². The molecule has 1 fully saturated rings.